The average molecular weight is 410 g/mol. The monoisotopic (exact) mass is 410 g/mol. The number of morpholine rings is 1. The van der Waals surface area contributed by atoms with Gasteiger partial charge in [0.05, 0.1) is 35.1 Å². The van der Waals surface area contributed by atoms with Crippen molar-refractivity contribution in [3.8, 4) is 6.07 Å². The number of aromatic amines is 1. The zero-order valence-electron chi connectivity index (χ0n) is 15.4. The van der Waals surface area contributed by atoms with E-state index in [2.05, 4.69) is 30.6 Å². The molecule has 2 N–H and O–H groups in total. The Morgan fingerprint density at radius 2 is 2.21 bits per heavy atom. The van der Waals surface area contributed by atoms with Crippen LogP contribution in [-0.4, -0.2) is 54.2 Å². The molecular formula is C19H18N6O3S. The number of sulfonamides is 1. The summed E-state index contributed by atoms with van der Waals surface area (Å²) >= 11 is 0. The Kier molecular flexibility index (Phi) is 3.35. The molecule has 3 aromatic rings. The van der Waals surface area contributed by atoms with Crippen LogP contribution in [-0.2, 0) is 14.8 Å². The number of benzene rings is 1. The van der Waals surface area contributed by atoms with Gasteiger partial charge in [-0.2, -0.15) is 9.98 Å². The number of nitrogens with zero attached hydrogens (tertiary/aromatic N) is 4. The van der Waals surface area contributed by atoms with Crippen LogP contribution in [0.25, 0.3) is 21.9 Å². The summed E-state index contributed by atoms with van der Waals surface area (Å²) in [7, 11) is -3.78. The van der Waals surface area contributed by atoms with E-state index in [9.17, 15) is 13.7 Å². The van der Waals surface area contributed by atoms with Gasteiger partial charge in [0.15, 0.2) is 0 Å². The molecule has 2 aliphatic heterocycles. The van der Waals surface area contributed by atoms with Gasteiger partial charge in [-0.25, -0.2) is 18.4 Å². The topological polar surface area (TPSA) is 124 Å². The quantitative estimate of drug-likeness (QED) is 0.666. The highest BCUT2D eigenvalue weighted by Crippen LogP contribution is 2.39. The highest BCUT2D eigenvalue weighted by atomic mass is 32.2. The molecule has 1 aliphatic carbocycles. The Balaban J connectivity index is 1.45. The molecule has 10 heteroatoms. The van der Waals surface area contributed by atoms with Crippen LogP contribution in [0.5, 0.6) is 0 Å². The largest absolute Gasteiger partial charge is 0.374 e. The van der Waals surface area contributed by atoms with Gasteiger partial charge in [0.1, 0.15) is 23.3 Å². The molecular weight excluding hydrogens is 392 g/mol. The van der Waals surface area contributed by atoms with E-state index in [0.717, 1.165) is 29.6 Å². The summed E-state index contributed by atoms with van der Waals surface area (Å²) in [6, 6.07) is 7.32. The van der Waals surface area contributed by atoms with E-state index in [1.165, 1.54) is 6.33 Å². The minimum Gasteiger partial charge on any atom is -0.374 e. The lowest BCUT2D eigenvalue weighted by Crippen LogP contribution is -2.37. The van der Waals surface area contributed by atoms with Gasteiger partial charge in [0.25, 0.3) is 0 Å². The van der Waals surface area contributed by atoms with E-state index in [1.807, 2.05) is 0 Å². The number of nitriles is 1. The molecule has 0 amide bonds. The summed E-state index contributed by atoms with van der Waals surface area (Å²) in [5.74, 6) is 0.854. The number of hydrogen-bond acceptors (Lipinski definition) is 7. The Bertz CT molecular complexity index is 1310. The van der Waals surface area contributed by atoms with Crippen LogP contribution in [0.15, 0.2) is 29.4 Å². The first-order chi connectivity index (χ1) is 14.0. The van der Waals surface area contributed by atoms with Gasteiger partial charge in [-0.1, -0.05) is 6.07 Å². The average Bonchev–Trinajstić information content (AvgIpc) is 3.08. The first-order valence-corrected chi connectivity index (χ1v) is 11.1. The maximum atomic E-state index is 12.7. The predicted molar refractivity (Wildman–Crippen MR) is 105 cm³/mol. The van der Waals surface area contributed by atoms with Gasteiger partial charge in [-0.05, 0) is 31.4 Å². The molecule has 2 atom stereocenters. The van der Waals surface area contributed by atoms with Gasteiger partial charge >= 0.3 is 0 Å². The molecule has 2 bridgehead atoms. The van der Waals surface area contributed by atoms with Crippen LogP contribution in [0.4, 0.5) is 5.82 Å². The summed E-state index contributed by atoms with van der Waals surface area (Å²) in [6.45, 7) is 1.50. The number of nitrogens with one attached hydrogen (secondary N) is 2. The lowest BCUT2D eigenvalue weighted by molar-refractivity contribution is 0.0990. The van der Waals surface area contributed by atoms with E-state index in [4.69, 9.17) is 4.74 Å². The first kappa shape index (κ1) is 17.1. The Morgan fingerprint density at radius 1 is 1.34 bits per heavy atom. The minimum absolute atomic E-state index is 0.126. The van der Waals surface area contributed by atoms with E-state index < -0.39 is 15.6 Å². The molecule has 0 radical (unpaired) electrons. The highest BCUT2D eigenvalue weighted by molar-refractivity contribution is 7.89. The zero-order chi connectivity index (χ0) is 19.8. The van der Waals surface area contributed by atoms with Crippen molar-refractivity contribution in [2.45, 2.75) is 41.8 Å². The van der Waals surface area contributed by atoms with Crippen molar-refractivity contribution < 1.29 is 13.2 Å². The molecule has 29 heavy (non-hydrogen) atoms. The maximum Gasteiger partial charge on any atom is 0.242 e. The van der Waals surface area contributed by atoms with Crippen molar-refractivity contribution in [3.05, 3.63) is 24.5 Å². The zero-order valence-corrected chi connectivity index (χ0v) is 16.2. The number of H-pyrrole nitrogens is 1. The van der Waals surface area contributed by atoms with Crippen molar-refractivity contribution in [1.82, 2.24) is 19.7 Å². The predicted octanol–water partition coefficient (Wildman–Crippen LogP) is 1.42. The van der Waals surface area contributed by atoms with E-state index in [0.29, 0.717) is 36.7 Å². The first-order valence-electron chi connectivity index (χ1n) is 9.58. The number of fused-ring (bicyclic) bond motifs is 5. The van der Waals surface area contributed by atoms with E-state index in [-0.39, 0.29) is 11.0 Å². The molecule has 2 saturated heterocycles. The summed E-state index contributed by atoms with van der Waals surface area (Å²) in [5.41, 5.74) is 0.392. The summed E-state index contributed by atoms with van der Waals surface area (Å²) in [4.78, 5) is 14.5. The Labute approximate surface area is 166 Å². The molecule has 6 rings (SSSR count). The SMILES string of the molecule is N#CC1(NS(=O)(=O)c2ccc3c(c2)[nH]c2ncnc(N4C[C@H]5C[C@@H]4CO5)c23)CC1. The lowest BCUT2D eigenvalue weighted by atomic mass is 10.2. The van der Waals surface area contributed by atoms with Crippen molar-refractivity contribution >= 4 is 37.8 Å². The molecule has 1 saturated carbocycles. The fourth-order valence-electron chi connectivity index (χ4n) is 4.41. The Hall–Kier alpha value is -2.74. The molecule has 0 spiro atoms. The van der Waals surface area contributed by atoms with Crippen molar-refractivity contribution in [2.75, 3.05) is 18.1 Å². The number of ether oxygens (including phenoxy) is 1. The summed E-state index contributed by atoms with van der Waals surface area (Å²) in [6.07, 6.45) is 3.86. The van der Waals surface area contributed by atoms with Gasteiger partial charge in [-0.3, -0.25) is 0 Å². The number of hydrogen-bond donors (Lipinski definition) is 2. The molecule has 148 valence electrons. The van der Waals surface area contributed by atoms with Crippen LogP contribution < -0.4 is 9.62 Å². The van der Waals surface area contributed by atoms with Crippen LogP contribution in [0.2, 0.25) is 0 Å². The second kappa shape index (κ2) is 5.66. The fourth-order valence-corrected chi connectivity index (χ4v) is 5.82. The van der Waals surface area contributed by atoms with Gasteiger partial charge < -0.3 is 14.6 Å². The third-order valence-electron chi connectivity index (χ3n) is 6.12. The normalized spacial score (nSPS) is 25.0. The smallest absolute Gasteiger partial charge is 0.242 e. The third kappa shape index (κ3) is 2.55. The fraction of sp³-hybridized carbons (Fsp3) is 0.421. The molecule has 0 unspecified atom stereocenters. The molecule has 4 heterocycles. The van der Waals surface area contributed by atoms with Crippen molar-refractivity contribution in [3.63, 3.8) is 0 Å². The highest BCUT2D eigenvalue weighted by Gasteiger charge is 2.47. The molecule has 3 fully saturated rings. The van der Waals surface area contributed by atoms with Crippen molar-refractivity contribution in [1.29, 1.82) is 5.26 Å². The molecule has 1 aromatic carbocycles. The molecule has 9 nitrogen and oxygen atoms in total. The second-order valence-electron chi connectivity index (χ2n) is 8.05. The second-order valence-corrected chi connectivity index (χ2v) is 9.73. The standard InChI is InChI=1S/C19H18N6O3S/c20-9-19(3-4-19)24-29(26,27)13-1-2-14-15(6-13)23-17-16(14)18(22-10-21-17)25-7-12-5-11(25)8-28-12/h1-2,6,10-12,24H,3-5,7-8H2,(H,21,22,23)/t11-,12-/m1/s1. The van der Waals surface area contributed by atoms with Crippen LogP contribution >= 0.6 is 0 Å². The van der Waals surface area contributed by atoms with Crippen LogP contribution in [0.1, 0.15) is 19.3 Å². The van der Waals surface area contributed by atoms with Crippen LogP contribution in [0.3, 0.4) is 0 Å². The molecule has 2 aromatic heterocycles. The van der Waals surface area contributed by atoms with E-state index >= 15 is 0 Å². The van der Waals surface area contributed by atoms with Gasteiger partial charge in [-0.15, -0.1) is 0 Å². The van der Waals surface area contributed by atoms with Crippen molar-refractivity contribution in [2.24, 2.45) is 0 Å². The lowest BCUT2D eigenvalue weighted by Gasteiger charge is -2.28. The third-order valence-corrected chi connectivity index (χ3v) is 7.65. The maximum absolute atomic E-state index is 12.7. The van der Waals surface area contributed by atoms with Gasteiger partial charge in [0.2, 0.25) is 10.0 Å². The van der Waals surface area contributed by atoms with Crippen LogP contribution in [0, 0.1) is 11.3 Å². The minimum atomic E-state index is -3.78. The van der Waals surface area contributed by atoms with E-state index in [1.54, 1.807) is 18.2 Å². The molecule has 3 aliphatic rings. The number of rotatable bonds is 4. The summed E-state index contributed by atoms with van der Waals surface area (Å²) in [5, 5.41) is 11.0. The Morgan fingerprint density at radius 3 is 2.90 bits per heavy atom. The summed E-state index contributed by atoms with van der Waals surface area (Å²) < 4.78 is 33.7. The number of anilines is 1. The number of aromatic nitrogens is 3. The van der Waals surface area contributed by atoms with Gasteiger partial charge in [0, 0.05) is 17.4 Å².